The lowest BCUT2D eigenvalue weighted by molar-refractivity contribution is -0.124. The van der Waals surface area contributed by atoms with Gasteiger partial charge in [0.2, 0.25) is 5.91 Å². The number of benzene rings is 1. The lowest BCUT2D eigenvalue weighted by Gasteiger charge is -2.23. The number of nitrogens with zero attached hydrogens (tertiary/aromatic N) is 2. The summed E-state index contributed by atoms with van der Waals surface area (Å²) in [5.74, 6) is 1.44. The lowest BCUT2D eigenvalue weighted by Crippen LogP contribution is -2.47. The Bertz CT molecular complexity index is 639. The fourth-order valence-corrected chi connectivity index (χ4v) is 3.69. The molecule has 1 fully saturated rings. The first-order valence-corrected chi connectivity index (χ1v) is 9.30. The molecule has 1 aromatic rings. The van der Waals surface area contributed by atoms with Crippen LogP contribution < -0.4 is 5.32 Å². The van der Waals surface area contributed by atoms with E-state index in [1.807, 2.05) is 6.07 Å². The van der Waals surface area contributed by atoms with Gasteiger partial charge in [-0.3, -0.25) is 9.59 Å². The normalized spacial score (nSPS) is 16.9. The Hall–Kier alpha value is -2.00. The molecule has 1 N–H and O–H groups in total. The molecule has 0 aromatic heterocycles. The molecule has 1 aliphatic rings. The Morgan fingerprint density at radius 3 is 2.96 bits per heavy atom. The van der Waals surface area contributed by atoms with Crippen LogP contribution in [0.2, 0.25) is 0 Å². The van der Waals surface area contributed by atoms with Crippen LogP contribution in [0.1, 0.15) is 36.2 Å². The molecular formula is C18H23N3O2S. The highest BCUT2D eigenvalue weighted by atomic mass is 32.2. The Labute approximate surface area is 147 Å². The van der Waals surface area contributed by atoms with Crippen LogP contribution >= 0.6 is 11.8 Å². The van der Waals surface area contributed by atoms with Crippen LogP contribution in [-0.2, 0) is 11.2 Å². The third kappa shape index (κ3) is 4.75. The maximum Gasteiger partial charge on any atom is 0.255 e. The van der Waals surface area contributed by atoms with Gasteiger partial charge in [-0.15, -0.1) is 11.8 Å². The molecule has 1 saturated heterocycles. The van der Waals surface area contributed by atoms with Gasteiger partial charge in [0.1, 0.15) is 6.04 Å². The van der Waals surface area contributed by atoms with E-state index in [0.717, 1.165) is 12.0 Å². The number of amides is 2. The number of carbonyl (C=O) groups excluding carboxylic acids is 2. The van der Waals surface area contributed by atoms with Crippen molar-refractivity contribution in [3.05, 3.63) is 35.4 Å². The molecule has 128 valence electrons. The van der Waals surface area contributed by atoms with Crippen molar-refractivity contribution in [1.29, 1.82) is 5.26 Å². The Kier molecular flexibility index (Phi) is 6.68. The molecule has 24 heavy (non-hydrogen) atoms. The fraction of sp³-hybridized carbons (Fsp3) is 0.500. The highest BCUT2D eigenvalue weighted by Gasteiger charge is 2.34. The van der Waals surface area contributed by atoms with Crippen molar-refractivity contribution in [3.63, 3.8) is 0 Å². The van der Waals surface area contributed by atoms with E-state index in [1.165, 1.54) is 0 Å². The molecule has 1 aliphatic heterocycles. The van der Waals surface area contributed by atoms with Gasteiger partial charge in [-0.1, -0.05) is 26.0 Å². The zero-order chi connectivity index (χ0) is 17.5. The molecule has 6 heteroatoms. The van der Waals surface area contributed by atoms with E-state index in [9.17, 15) is 9.59 Å². The average Bonchev–Trinajstić information content (AvgIpc) is 3.04. The summed E-state index contributed by atoms with van der Waals surface area (Å²) in [7, 11) is 0. The lowest BCUT2D eigenvalue weighted by atomic mass is 10.1. The second-order valence-electron chi connectivity index (χ2n) is 6.30. The van der Waals surface area contributed by atoms with E-state index in [-0.39, 0.29) is 18.2 Å². The van der Waals surface area contributed by atoms with Gasteiger partial charge in [0.25, 0.3) is 5.91 Å². The Morgan fingerprint density at radius 1 is 1.46 bits per heavy atom. The Morgan fingerprint density at radius 2 is 2.25 bits per heavy atom. The summed E-state index contributed by atoms with van der Waals surface area (Å²) < 4.78 is 0. The summed E-state index contributed by atoms with van der Waals surface area (Å²) in [6, 6.07) is 8.75. The van der Waals surface area contributed by atoms with E-state index in [0.29, 0.717) is 29.7 Å². The van der Waals surface area contributed by atoms with E-state index in [4.69, 9.17) is 5.26 Å². The molecule has 1 heterocycles. The summed E-state index contributed by atoms with van der Waals surface area (Å²) in [5.41, 5.74) is 1.35. The zero-order valence-corrected chi connectivity index (χ0v) is 14.9. The molecular weight excluding hydrogens is 322 g/mol. The summed E-state index contributed by atoms with van der Waals surface area (Å²) in [6.07, 6.45) is 1.20. The van der Waals surface area contributed by atoms with Gasteiger partial charge in [0, 0.05) is 17.9 Å². The highest BCUT2D eigenvalue weighted by molar-refractivity contribution is 7.99. The molecule has 5 nitrogen and oxygen atoms in total. The van der Waals surface area contributed by atoms with Crippen molar-refractivity contribution in [3.8, 4) is 6.07 Å². The van der Waals surface area contributed by atoms with Gasteiger partial charge in [-0.25, -0.2) is 0 Å². The van der Waals surface area contributed by atoms with Crippen molar-refractivity contribution in [2.24, 2.45) is 5.92 Å². The number of hydrogen-bond donors (Lipinski definition) is 1. The first-order chi connectivity index (χ1) is 11.5. The number of nitriles is 1. The van der Waals surface area contributed by atoms with Crippen LogP contribution in [0.25, 0.3) is 0 Å². The smallest absolute Gasteiger partial charge is 0.255 e. The van der Waals surface area contributed by atoms with Gasteiger partial charge in [-0.05, 0) is 30.0 Å². The van der Waals surface area contributed by atoms with Crippen molar-refractivity contribution in [2.75, 3.05) is 18.2 Å². The standard InChI is InChI=1S/C18H23N3O2S/c1-13(2)7-9-20-17(22)16-11-24-12-21(16)18(23)15-5-3-4-14(10-15)6-8-19/h3-5,10,13,16H,6-7,9,11-12H2,1-2H3,(H,20,22). The largest absolute Gasteiger partial charge is 0.354 e. The maximum atomic E-state index is 12.8. The van der Waals surface area contributed by atoms with Gasteiger partial charge in [0.15, 0.2) is 0 Å². The van der Waals surface area contributed by atoms with Gasteiger partial charge < -0.3 is 10.2 Å². The van der Waals surface area contributed by atoms with E-state index in [1.54, 1.807) is 34.9 Å². The van der Waals surface area contributed by atoms with Crippen molar-refractivity contribution in [1.82, 2.24) is 10.2 Å². The zero-order valence-electron chi connectivity index (χ0n) is 14.1. The van der Waals surface area contributed by atoms with Crippen LogP contribution in [0.3, 0.4) is 0 Å². The highest BCUT2D eigenvalue weighted by Crippen LogP contribution is 2.23. The van der Waals surface area contributed by atoms with Crippen molar-refractivity contribution in [2.45, 2.75) is 32.7 Å². The molecule has 0 spiro atoms. The minimum Gasteiger partial charge on any atom is -0.354 e. The molecule has 0 bridgehead atoms. The van der Waals surface area contributed by atoms with Crippen molar-refractivity contribution < 1.29 is 9.59 Å². The molecule has 0 saturated carbocycles. The predicted molar refractivity (Wildman–Crippen MR) is 95.5 cm³/mol. The van der Waals surface area contributed by atoms with E-state index >= 15 is 0 Å². The van der Waals surface area contributed by atoms with Gasteiger partial charge >= 0.3 is 0 Å². The first kappa shape index (κ1) is 18.3. The minimum atomic E-state index is -0.422. The number of thioether (sulfide) groups is 1. The summed E-state index contributed by atoms with van der Waals surface area (Å²) in [4.78, 5) is 26.8. The number of carbonyl (C=O) groups is 2. The topological polar surface area (TPSA) is 73.2 Å². The Balaban J connectivity index is 2.04. The van der Waals surface area contributed by atoms with E-state index < -0.39 is 6.04 Å². The van der Waals surface area contributed by atoms with Crippen LogP contribution in [0.15, 0.2) is 24.3 Å². The van der Waals surface area contributed by atoms with Crippen LogP contribution in [0, 0.1) is 17.2 Å². The number of hydrogen-bond acceptors (Lipinski definition) is 4. The summed E-state index contributed by atoms with van der Waals surface area (Å²) in [5, 5.41) is 11.7. The minimum absolute atomic E-state index is 0.0813. The number of nitrogens with one attached hydrogen (secondary N) is 1. The average molecular weight is 345 g/mol. The molecule has 0 aliphatic carbocycles. The van der Waals surface area contributed by atoms with Crippen LogP contribution in [-0.4, -0.2) is 40.9 Å². The second-order valence-corrected chi connectivity index (χ2v) is 7.30. The monoisotopic (exact) mass is 345 g/mol. The second kappa shape index (κ2) is 8.74. The van der Waals surface area contributed by atoms with Crippen LogP contribution in [0.4, 0.5) is 0 Å². The first-order valence-electron chi connectivity index (χ1n) is 8.15. The predicted octanol–water partition coefficient (Wildman–Crippen LogP) is 2.43. The molecule has 2 rings (SSSR count). The third-order valence-corrected chi connectivity index (χ3v) is 4.94. The molecule has 1 atom stereocenters. The summed E-state index contributed by atoms with van der Waals surface area (Å²) >= 11 is 1.59. The summed E-state index contributed by atoms with van der Waals surface area (Å²) in [6.45, 7) is 4.86. The van der Waals surface area contributed by atoms with Crippen molar-refractivity contribution >= 4 is 23.6 Å². The van der Waals surface area contributed by atoms with Crippen LogP contribution in [0.5, 0.6) is 0 Å². The fourth-order valence-electron chi connectivity index (χ4n) is 2.53. The quantitative estimate of drug-likeness (QED) is 0.859. The molecule has 0 radical (unpaired) electrons. The molecule has 1 unspecified atom stereocenters. The third-order valence-electron chi connectivity index (χ3n) is 3.92. The maximum absolute atomic E-state index is 12.8. The molecule has 2 amide bonds. The van der Waals surface area contributed by atoms with Gasteiger partial charge in [0.05, 0.1) is 18.4 Å². The van der Waals surface area contributed by atoms with E-state index in [2.05, 4.69) is 25.2 Å². The van der Waals surface area contributed by atoms with Gasteiger partial charge in [-0.2, -0.15) is 5.26 Å². The molecule has 1 aromatic carbocycles. The number of rotatable bonds is 6. The SMILES string of the molecule is CC(C)CCNC(=O)C1CSCN1C(=O)c1cccc(CC#N)c1.